The van der Waals surface area contributed by atoms with Crippen molar-refractivity contribution in [2.24, 2.45) is 17.6 Å². The van der Waals surface area contributed by atoms with Gasteiger partial charge in [0.2, 0.25) is 11.8 Å². The maximum atomic E-state index is 12.5. The minimum absolute atomic E-state index is 0.0308. The van der Waals surface area contributed by atoms with Gasteiger partial charge in [0.05, 0.1) is 0 Å². The van der Waals surface area contributed by atoms with Crippen molar-refractivity contribution in [3.05, 3.63) is 0 Å². The fraction of sp³-hybridized carbons (Fsp3) is 0.889. The van der Waals surface area contributed by atoms with Crippen molar-refractivity contribution in [2.75, 3.05) is 13.1 Å². The maximum Gasteiger partial charge on any atom is 0.244 e. The number of rotatable bonds is 5. The van der Waals surface area contributed by atoms with Gasteiger partial charge in [-0.3, -0.25) is 9.59 Å². The molecular formula is C18H33N3O2. The summed E-state index contributed by atoms with van der Waals surface area (Å²) < 4.78 is 0. The van der Waals surface area contributed by atoms with Gasteiger partial charge < -0.3 is 16.0 Å². The van der Waals surface area contributed by atoms with Crippen molar-refractivity contribution in [2.45, 2.75) is 77.3 Å². The van der Waals surface area contributed by atoms with E-state index in [0.29, 0.717) is 18.3 Å². The van der Waals surface area contributed by atoms with Crippen LogP contribution >= 0.6 is 0 Å². The van der Waals surface area contributed by atoms with Gasteiger partial charge in [0, 0.05) is 25.6 Å². The molecule has 5 nitrogen and oxygen atoms in total. The van der Waals surface area contributed by atoms with Gasteiger partial charge in [0.15, 0.2) is 0 Å². The molecule has 2 amide bonds. The lowest BCUT2D eigenvalue weighted by atomic mass is 9.87. The summed E-state index contributed by atoms with van der Waals surface area (Å²) in [7, 11) is 0. The second-order valence-corrected chi connectivity index (χ2v) is 7.52. The van der Waals surface area contributed by atoms with E-state index in [4.69, 9.17) is 5.73 Å². The largest absolute Gasteiger partial charge is 0.345 e. The smallest absolute Gasteiger partial charge is 0.244 e. The zero-order chi connectivity index (χ0) is 16.8. The normalized spacial score (nSPS) is 23.3. The highest BCUT2D eigenvalue weighted by Gasteiger charge is 2.28. The number of hydrogen-bond acceptors (Lipinski definition) is 3. The van der Waals surface area contributed by atoms with Crippen molar-refractivity contribution in [3.8, 4) is 0 Å². The number of piperidine rings is 1. The molecule has 0 aromatic rings. The molecule has 0 radical (unpaired) electrons. The Morgan fingerprint density at radius 1 is 1.09 bits per heavy atom. The van der Waals surface area contributed by atoms with E-state index in [9.17, 15) is 9.59 Å². The van der Waals surface area contributed by atoms with Gasteiger partial charge in [-0.2, -0.15) is 0 Å². The summed E-state index contributed by atoms with van der Waals surface area (Å²) in [6, 6.07) is -0.224. The Kier molecular flexibility index (Phi) is 6.88. The molecule has 23 heavy (non-hydrogen) atoms. The summed E-state index contributed by atoms with van der Waals surface area (Å²) in [6.07, 6.45) is 8.58. The summed E-state index contributed by atoms with van der Waals surface area (Å²) in [5.41, 5.74) is 5.94. The van der Waals surface area contributed by atoms with Crippen LogP contribution in [-0.4, -0.2) is 41.9 Å². The maximum absolute atomic E-state index is 12.5. The highest BCUT2D eigenvalue weighted by molar-refractivity contribution is 5.87. The fourth-order valence-corrected chi connectivity index (χ4v) is 3.94. The van der Waals surface area contributed by atoms with Gasteiger partial charge in [0.25, 0.3) is 0 Å². The average Bonchev–Trinajstić information content (AvgIpc) is 2.55. The van der Waals surface area contributed by atoms with Crippen LogP contribution in [0.3, 0.4) is 0 Å². The zero-order valence-corrected chi connectivity index (χ0v) is 14.7. The summed E-state index contributed by atoms with van der Waals surface area (Å²) in [5.74, 6) is 1.09. The minimum Gasteiger partial charge on any atom is -0.345 e. The van der Waals surface area contributed by atoms with Crippen molar-refractivity contribution >= 4 is 11.8 Å². The Bertz CT molecular complexity index is 397. The van der Waals surface area contributed by atoms with Crippen molar-refractivity contribution in [1.29, 1.82) is 0 Å². The molecule has 0 bridgehead atoms. The zero-order valence-electron chi connectivity index (χ0n) is 14.7. The second-order valence-electron chi connectivity index (χ2n) is 7.52. The predicted molar refractivity (Wildman–Crippen MR) is 91.8 cm³/mol. The van der Waals surface area contributed by atoms with Crippen molar-refractivity contribution < 1.29 is 9.59 Å². The fourth-order valence-electron chi connectivity index (χ4n) is 3.94. The third-order valence-electron chi connectivity index (χ3n) is 5.54. The van der Waals surface area contributed by atoms with Crippen LogP contribution in [0.1, 0.15) is 65.2 Å². The minimum atomic E-state index is -0.419. The van der Waals surface area contributed by atoms with E-state index in [1.165, 1.54) is 19.3 Å². The number of amides is 2. The van der Waals surface area contributed by atoms with Crippen LogP contribution < -0.4 is 11.1 Å². The molecule has 2 fully saturated rings. The molecule has 132 valence electrons. The van der Waals surface area contributed by atoms with Crippen LogP contribution in [-0.2, 0) is 9.59 Å². The third kappa shape index (κ3) is 5.48. The Labute approximate surface area is 140 Å². The van der Waals surface area contributed by atoms with Crippen LogP contribution in [0.5, 0.6) is 0 Å². The number of hydrogen-bond donors (Lipinski definition) is 2. The predicted octanol–water partition coefficient (Wildman–Crippen LogP) is 2.05. The Hall–Kier alpha value is -1.10. The molecule has 0 spiro atoms. The van der Waals surface area contributed by atoms with E-state index >= 15 is 0 Å². The first-order valence-corrected chi connectivity index (χ1v) is 9.31. The van der Waals surface area contributed by atoms with Gasteiger partial charge in [-0.25, -0.2) is 0 Å². The van der Waals surface area contributed by atoms with E-state index < -0.39 is 6.04 Å². The molecule has 2 unspecified atom stereocenters. The molecule has 0 aromatic carbocycles. The molecule has 5 heteroatoms. The first-order valence-electron chi connectivity index (χ1n) is 9.31. The third-order valence-corrected chi connectivity index (χ3v) is 5.54. The van der Waals surface area contributed by atoms with Crippen LogP contribution in [0, 0.1) is 11.8 Å². The molecule has 1 saturated heterocycles. The quantitative estimate of drug-likeness (QED) is 0.813. The van der Waals surface area contributed by atoms with Gasteiger partial charge in [-0.1, -0.05) is 19.3 Å². The van der Waals surface area contributed by atoms with Gasteiger partial charge >= 0.3 is 0 Å². The van der Waals surface area contributed by atoms with Crippen LogP contribution in [0.25, 0.3) is 0 Å². The molecule has 0 aromatic heterocycles. The SMILES string of the molecule is CC(NC(=O)CC1CCCCC1)C(=O)N1CCC(C(C)N)CC1. The van der Waals surface area contributed by atoms with Gasteiger partial charge in [0.1, 0.15) is 6.04 Å². The standard InChI is InChI=1S/C18H33N3O2/c1-13(19)16-8-10-21(11-9-16)18(23)14(2)20-17(22)12-15-6-4-3-5-7-15/h13-16H,3-12,19H2,1-2H3,(H,20,22). The molecule has 1 aliphatic carbocycles. The number of nitrogens with one attached hydrogen (secondary N) is 1. The van der Waals surface area contributed by atoms with Crippen LogP contribution in [0.2, 0.25) is 0 Å². The lowest BCUT2D eigenvalue weighted by Crippen LogP contribution is -2.50. The first-order chi connectivity index (χ1) is 11.0. The van der Waals surface area contributed by atoms with E-state index in [0.717, 1.165) is 38.8 Å². The van der Waals surface area contributed by atoms with E-state index in [1.807, 2.05) is 11.8 Å². The summed E-state index contributed by atoms with van der Waals surface area (Å²) in [4.78, 5) is 26.5. The number of likely N-dealkylation sites (tertiary alicyclic amines) is 1. The van der Waals surface area contributed by atoms with Gasteiger partial charge in [-0.15, -0.1) is 0 Å². The lowest BCUT2D eigenvalue weighted by Gasteiger charge is -2.35. The Balaban J connectivity index is 1.73. The Morgan fingerprint density at radius 2 is 1.70 bits per heavy atom. The molecule has 2 atom stereocenters. The number of carbonyl (C=O) groups excluding carboxylic acids is 2. The number of nitrogens with zero attached hydrogens (tertiary/aromatic N) is 1. The number of nitrogens with two attached hydrogens (primary N) is 1. The lowest BCUT2D eigenvalue weighted by molar-refractivity contribution is -0.137. The Morgan fingerprint density at radius 3 is 2.26 bits per heavy atom. The molecule has 3 N–H and O–H groups in total. The van der Waals surface area contributed by atoms with E-state index in [2.05, 4.69) is 5.32 Å². The molecule has 2 rings (SSSR count). The summed E-state index contributed by atoms with van der Waals surface area (Å²) in [6.45, 7) is 5.36. The molecule has 2 aliphatic rings. The summed E-state index contributed by atoms with van der Waals surface area (Å²) in [5, 5.41) is 2.90. The van der Waals surface area contributed by atoms with E-state index in [1.54, 1.807) is 6.92 Å². The highest BCUT2D eigenvalue weighted by atomic mass is 16.2. The van der Waals surface area contributed by atoms with Crippen LogP contribution in [0.15, 0.2) is 0 Å². The second kappa shape index (κ2) is 8.67. The van der Waals surface area contributed by atoms with Gasteiger partial charge in [-0.05, 0) is 51.4 Å². The van der Waals surface area contributed by atoms with Crippen molar-refractivity contribution in [3.63, 3.8) is 0 Å². The average molecular weight is 323 g/mol. The van der Waals surface area contributed by atoms with Crippen LogP contribution in [0.4, 0.5) is 0 Å². The molecule has 1 heterocycles. The first kappa shape index (κ1) is 18.2. The molecular weight excluding hydrogens is 290 g/mol. The van der Waals surface area contributed by atoms with E-state index in [-0.39, 0.29) is 17.9 Å². The molecule has 1 aliphatic heterocycles. The number of carbonyl (C=O) groups is 2. The topological polar surface area (TPSA) is 75.4 Å². The van der Waals surface area contributed by atoms with Crippen molar-refractivity contribution in [1.82, 2.24) is 10.2 Å². The summed E-state index contributed by atoms with van der Waals surface area (Å²) >= 11 is 0. The highest BCUT2D eigenvalue weighted by Crippen LogP contribution is 2.26. The monoisotopic (exact) mass is 323 g/mol. The molecule has 1 saturated carbocycles.